The molecule has 0 radical (unpaired) electrons. The predicted octanol–water partition coefficient (Wildman–Crippen LogP) is 8.66. The highest BCUT2D eigenvalue weighted by Crippen LogP contribution is 2.30. The van der Waals surface area contributed by atoms with Crippen LogP contribution < -0.4 is 5.32 Å². The minimum absolute atomic E-state index is 0.242. The van der Waals surface area contributed by atoms with Crippen LogP contribution in [0.2, 0.25) is 0 Å². The molecule has 70 heavy (non-hydrogen) atoms. The lowest BCUT2D eigenvalue weighted by Gasteiger charge is -2.46. The van der Waals surface area contributed by atoms with Crippen LogP contribution >= 0.6 is 0 Å². The maximum Gasteiger partial charge on any atom is 0.220 e. The molecule has 12 atom stereocenters. The maximum atomic E-state index is 13.2. The number of ether oxygens (including phenoxy) is 4. The lowest BCUT2D eigenvalue weighted by molar-refractivity contribution is -0.359. The number of aliphatic hydroxyl groups excluding tert-OH is 8. The van der Waals surface area contributed by atoms with Crippen LogP contribution in [-0.2, 0) is 23.7 Å². The van der Waals surface area contributed by atoms with Gasteiger partial charge >= 0.3 is 0 Å². The zero-order valence-electron chi connectivity index (χ0n) is 43.8. The van der Waals surface area contributed by atoms with E-state index in [1.165, 1.54) is 148 Å². The van der Waals surface area contributed by atoms with Crippen molar-refractivity contribution in [1.29, 1.82) is 0 Å². The number of hydrogen-bond acceptors (Lipinski definition) is 13. The topological polar surface area (TPSA) is 228 Å². The van der Waals surface area contributed by atoms with Gasteiger partial charge in [-0.15, -0.1) is 0 Å². The van der Waals surface area contributed by atoms with Crippen LogP contribution in [0.5, 0.6) is 0 Å². The van der Waals surface area contributed by atoms with Crippen molar-refractivity contribution >= 4 is 5.91 Å². The molecule has 0 aliphatic carbocycles. The number of aliphatic hydroxyl groups is 8. The first-order valence-electron chi connectivity index (χ1n) is 28.2. The van der Waals surface area contributed by atoms with Gasteiger partial charge in [0.2, 0.25) is 5.91 Å². The summed E-state index contributed by atoms with van der Waals surface area (Å²) in [5.74, 6) is -0.242. The second kappa shape index (κ2) is 42.6. The fourth-order valence-electron chi connectivity index (χ4n) is 9.20. The second-order valence-electron chi connectivity index (χ2n) is 20.1. The lowest BCUT2D eigenvalue weighted by atomic mass is 9.97. The summed E-state index contributed by atoms with van der Waals surface area (Å²) in [4.78, 5) is 13.2. The Kier molecular flexibility index (Phi) is 39.1. The summed E-state index contributed by atoms with van der Waals surface area (Å²) < 4.78 is 22.7. The molecule has 2 aliphatic rings. The summed E-state index contributed by atoms with van der Waals surface area (Å²) in [7, 11) is 0. The molecule has 12 unspecified atom stereocenters. The molecule has 14 heteroatoms. The molecular formula is C56H103NO13. The highest BCUT2D eigenvalue weighted by atomic mass is 16.7. The number of carbonyl (C=O) groups is 1. The first-order valence-corrected chi connectivity index (χ1v) is 28.2. The van der Waals surface area contributed by atoms with Crippen LogP contribution in [0.15, 0.2) is 36.5 Å². The van der Waals surface area contributed by atoms with E-state index in [-0.39, 0.29) is 18.9 Å². The Bertz CT molecular complexity index is 1320. The number of carbonyl (C=O) groups excluding carboxylic acids is 1. The van der Waals surface area contributed by atoms with Crippen LogP contribution in [0.1, 0.15) is 219 Å². The number of allylic oxidation sites excluding steroid dienone is 5. The molecule has 1 amide bonds. The predicted molar refractivity (Wildman–Crippen MR) is 277 cm³/mol. The molecule has 2 rings (SSSR count). The van der Waals surface area contributed by atoms with Crippen LogP contribution in [-0.4, -0.2) is 140 Å². The van der Waals surface area contributed by atoms with Gasteiger partial charge in [0.15, 0.2) is 12.6 Å². The largest absolute Gasteiger partial charge is 0.394 e. The quantitative estimate of drug-likeness (QED) is 0.0206. The van der Waals surface area contributed by atoms with E-state index in [1.54, 1.807) is 6.08 Å². The monoisotopic (exact) mass is 998 g/mol. The highest BCUT2D eigenvalue weighted by Gasteiger charge is 2.51. The van der Waals surface area contributed by atoms with Crippen molar-refractivity contribution in [2.45, 2.75) is 293 Å². The first-order chi connectivity index (χ1) is 34.1. The molecule has 2 aliphatic heterocycles. The van der Waals surface area contributed by atoms with Gasteiger partial charge in [-0.05, 0) is 51.4 Å². The third kappa shape index (κ3) is 28.6. The van der Waals surface area contributed by atoms with Gasteiger partial charge < -0.3 is 65.1 Å². The van der Waals surface area contributed by atoms with Crippen molar-refractivity contribution < 1.29 is 64.6 Å². The third-order valence-electron chi connectivity index (χ3n) is 13.8. The van der Waals surface area contributed by atoms with Crippen LogP contribution in [0.4, 0.5) is 0 Å². The van der Waals surface area contributed by atoms with Gasteiger partial charge in [0.25, 0.3) is 0 Å². The zero-order valence-corrected chi connectivity index (χ0v) is 43.8. The van der Waals surface area contributed by atoms with Gasteiger partial charge in [0, 0.05) is 6.42 Å². The number of nitrogens with one attached hydrogen (secondary N) is 1. The lowest BCUT2D eigenvalue weighted by Crippen LogP contribution is -2.65. The van der Waals surface area contributed by atoms with E-state index in [9.17, 15) is 45.6 Å². The van der Waals surface area contributed by atoms with Gasteiger partial charge in [-0.3, -0.25) is 4.79 Å². The Hall–Kier alpha value is -1.79. The zero-order chi connectivity index (χ0) is 51.0. The van der Waals surface area contributed by atoms with Crippen molar-refractivity contribution in [3.05, 3.63) is 36.5 Å². The van der Waals surface area contributed by atoms with E-state index in [0.29, 0.717) is 6.42 Å². The van der Waals surface area contributed by atoms with E-state index in [0.717, 1.165) is 44.9 Å². The molecular weight excluding hydrogens is 895 g/mol. The molecule has 0 aromatic rings. The maximum absolute atomic E-state index is 13.2. The smallest absolute Gasteiger partial charge is 0.220 e. The SMILES string of the molecule is CCCCCCC/C=C\C/C=C\CCCCCCCCCCCCCCCCCC(=O)NC(COC1OC(CO)C(OC2OC(CO)C(O)C(O)C2O)C(O)C1O)C(O)/C=C/CCCCCCCCC. The minimum atomic E-state index is -1.79. The van der Waals surface area contributed by atoms with Crippen molar-refractivity contribution in [1.82, 2.24) is 5.32 Å². The molecule has 2 heterocycles. The number of rotatable bonds is 44. The van der Waals surface area contributed by atoms with Crippen molar-refractivity contribution in [2.75, 3.05) is 19.8 Å². The van der Waals surface area contributed by atoms with Gasteiger partial charge in [0.1, 0.15) is 48.8 Å². The summed E-state index contributed by atoms with van der Waals surface area (Å²) in [6.07, 6.45) is 33.5. The van der Waals surface area contributed by atoms with E-state index in [2.05, 4.69) is 43.5 Å². The number of unbranched alkanes of at least 4 members (excludes halogenated alkanes) is 27. The Morgan fingerprint density at radius 2 is 0.943 bits per heavy atom. The Balaban J connectivity index is 1.67. The summed E-state index contributed by atoms with van der Waals surface area (Å²) >= 11 is 0. The minimum Gasteiger partial charge on any atom is -0.394 e. The van der Waals surface area contributed by atoms with E-state index in [1.807, 2.05) is 6.08 Å². The first kappa shape index (κ1) is 64.3. The molecule has 410 valence electrons. The van der Waals surface area contributed by atoms with Gasteiger partial charge in [-0.2, -0.15) is 0 Å². The summed E-state index contributed by atoms with van der Waals surface area (Å²) in [5.41, 5.74) is 0. The molecule has 2 saturated heterocycles. The average Bonchev–Trinajstić information content (AvgIpc) is 3.36. The molecule has 0 aromatic heterocycles. The van der Waals surface area contributed by atoms with Crippen molar-refractivity contribution in [2.24, 2.45) is 0 Å². The summed E-state index contributed by atoms with van der Waals surface area (Å²) in [6.45, 7) is 2.75. The van der Waals surface area contributed by atoms with E-state index >= 15 is 0 Å². The van der Waals surface area contributed by atoms with Gasteiger partial charge in [-0.1, -0.05) is 198 Å². The molecule has 0 spiro atoms. The molecule has 2 fully saturated rings. The Labute approximate surface area is 423 Å². The van der Waals surface area contributed by atoms with Crippen molar-refractivity contribution in [3.8, 4) is 0 Å². The van der Waals surface area contributed by atoms with E-state index in [4.69, 9.17) is 18.9 Å². The third-order valence-corrected chi connectivity index (χ3v) is 13.8. The number of amides is 1. The highest BCUT2D eigenvalue weighted by molar-refractivity contribution is 5.76. The average molecular weight is 998 g/mol. The summed E-state index contributed by atoms with van der Waals surface area (Å²) in [5, 5.41) is 86.7. The molecule has 14 nitrogen and oxygen atoms in total. The molecule has 0 bridgehead atoms. The van der Waals surface area contributed by atoms with E-state index < -0.39 is 86.8 Å². The fourth-order valence-corrected chi connectivity index (χ4v) is 9.20. The molecule has 0 saturated carbocycles. The van der Waals surface area contributed by atoms with Crippen LogP contribution in [0.25, 0.3) is 0 Å². The fraction of sp³-hybridized carbons (Fsp3) is 0.875. The molecule has 9 N–H and O–H groups in total. The van der Waals surface area contributed by atoms with Crippen LogP contribution in [0, 0.1) is 0 Å². The normalized spacial score (nSPS) is 26.2. The van der Waals surface area contributed by atoms with Gasteiger partial charge in [0.05, 0.1) is 32.0 Å². The Morgan fingerprint density at radius 1 is 0.514 bits per heavy atom. The second-order valence-corrected chi connectivity index (χ2v) is 20.1. The Morgan fingerprint density at radius 3 is 1.43 bits per heavy atom. The standard InChI is InChI=1S/C56H103NO13/c1-3-5-7-9-11-13-14-15-16-17-18-19-20-21-22-23-24-25-26-27-28-29-30-32-34-36-38-40-48(61)57-44(45(60)39-37-35-33-31-12-10-8-6-4-2)43-67-55-53(66)51(64)54(47(42-59)69-55)70-56-52(65)50(63)49(62)46(41-58)68-56/h14-15,17-18,37,39,44-47,49-56,58-60,62-66H,3-13,16,19-36,38,40-43H2,1-2H3,(H,57,61)/b15-14-,18-17-,39-37+. The number of hydrogen-bond donors (Lipinski definition) is 9. The summed E-state index contributed by atoms with van der Waals surface area (Å²) in [6, 6.07) is -0.911. The molecule has 0 aromatic carbocycles. The van der Waals surface area contributed by atoms with Crippen LogP contribution in [0.3, 0.4) is 0 Å². The van der Waals surface area contributed by atoms with Gasteiger partial charge in [-0.25, -0.2) is 0 Å². The van der Waals surface area contributed by atoms with Crippen molar-refractivity contribution in [3.63, 3.8) is 0 Å².